The molecule has 0 spiro atoms. The van der Waals surface area contributed by atoms with E-state index in [1.165, 1.54) is 6.26 Å². The Morgan fingerprint density at radius 1 is 1.04 bits per heavy atom. The van der Waals surface area contributed by atoms with E-state index in [1.54, 1.807) is 57.2 Å². The topological polar surface area (TPSA) is 60.4 Å². The van der Waals surface area contributed by atoms with Crippen LogP contribution in [0, 0.1) is 0 Å². The van der Waals surface area contributed by atoms with E-state index in [1.807, 2.05) is 6.07 Å². The Labute approximate surface area is 150 Å². The Morgan fingerprint density at radius 2 is 1.71 bits per heavy atom. The molecule has 0 unspecified atom stereocenters. The molecular weight excluding hydrogens is 392 g/mol. The van der Waals surface area contributed by atoms with Gasteiger partial charge in [0.05, 0.1) is 10.5 Å². The van der Waals surface area contributed by atoms with E-state index in [-0.39, 0.29) is 4.90 Å². The highest BCUT2D eigenvalue weighted by molar-refractivity contribution is 9.10. The summed E-state index contributed by atoms with van der Waals surface area (Å²) in [5.74, 6) is -0.427. The summed E-state index contributed by atoms with van der Waals surface area (Å²) in [5.41, 5.74) is 1.26. The molecule has 0 aliphatic heterocycles. The van der Waals surface area contributed by atoms with Crippen LogP contribution in [0.5, 0.6) is 0 Å². The molecule has 0 aromatic heterocycles. The number of sulfone groups is 1. The largest absolute Gasteiger partial charge is 0.456 e. The lowest BCUT2D eigenvalue weighted by molar-refractivity contribution is 0.00695. The number of carbonyl (C=O) groups is 1. The van der Waals surface area contributed by atoms with Crippen molar-refractivity contribution in [3.8, 4) is 11.1 Å². The van der Waals surface area contributed by atoms with Crippen LogP contribution in [0.25, 0.3) is 11.1 Å². The van der Waals surface area contributed by atoms with Crippen molar-refractivity contribution in [2.75, 3.05) is 6.26 Å². The minimum atomic E-state index is -3.30. The fourth-order valence-corrected chi connectivity index (χ4v) is 3.28. The third kappa shape index (κ3) is 4.92. The summed E-state index contributed by atoms with van der Waals surface area (Å²) in [6, 6.07) is 11.8. The first-order chi connectivity index (χ1) is 11.0. The molecule has 2 aromatic rings. The zero-order valence-corrected chi connectivity index (χ0v) is 16.4. The molecule has 0 fully saturated rings. The van der Waals surface area contributed by atoms with Crippen molar-refractivity contribution in [2.45, 2.75) is 31.3 Å². The first kappa shape index (κ1) is 18.7. The van der Waals surface area contributed by atoms with E-state index in [9.17, 15) is 13.2 Å². The van der Waals surface area contributed by atoms with Gasteiger partial charge in [-0.1, -0.05) is 28.1 Å². The first-order valence-corrected chi connectivity index (χ1v) is 9.98. The molecule has 0 saturated carbocycles. The van der Waals surface area contributed by atoms with Crippen LogP contribution in [0.4, 0.5) is 0 Å². The fraction of sp³-hybridized carbons (Fsp3) is 0.278. The zero-order valence-electron chi connectivity index (χ0n) is 14.0. The highest BCUT2D eigenvalue weighted by atomic mass is 79.9. The molecule has 0 bridgehead atoms. The van der Waals surface area contributed by atoms with E-state index in [2.05, 4.69) is 15.9 Å². The summed E-state index contributed by atoms with van der Waals surface area (Å²) in [6.07, 6.45) is 1.17. The third-order valence-corrected chi connectivity index (χ3v) is 4.70. The van der Waals surface area contributed by atoms with Crippen molar-refractivity contribution in [1.29, 1.82) is 0 Å². The number of carbonyl (C=O) groups excluding carboxylic acids is 1. The van der Waals surface area contributed by atoms with Crippen LogP contribution in [0.2, 0.25) is 0 Å². The number of ether oxygens (including phenoxy) is 1. The normalized spacial score (nSPS) is 12.0. The Bertz CT molecular complexity index is 880. The summed E-state index contributed by atoms with van der Waals surface area (Å²) < 4.78 is 29.6. The third-order valence-electron chi connectivity index (χ3n) is 3.13. The van der Waals surface area contributed by atoms with Crippen LogP contribution < -0.4 is 0 Å². The van der Waals surface area contributed by atoms with Gasteiger partial charge in [0.15, 0.2) is 9.84 Å². The molecule has 24 heavy (non-hydrogen) atoms. The number of hydrogen-bond donors (Lipinski definition) is 0. The number of hydrogen-bond acceptors (Lipinski definition) is 4. The highest BCUT2D eigenvalue weighted by Crippen LogP contribution is 2.28. The van der Waals surface area contributed by atoms with Crippen LogP contribution >= 0.6 is 15.9 Å². The first-order valence-electron chi connectivity index (χ1n) is 7.30. The van der Waals surface area contributed by atoms with Crippen LogP contribution in [-0.2, 0) is 14.6 Å². The van der Waals surface area contributed by atoms with Crippen LogP contribution in [0.3, 0.4) is 0 Å². The average molecular weight is 411 g/mol. The molecule has 0 atom stereocenters. The quantitative estimate of drug-likeness (QED) is 0.699. The van der Waals surface area contributed by atoms with Crippen molar-refractivity contribution in [1.82, 2.24) is 0 Å². The van der Waals surface area contributed by atoms with Crippen molar-refractivity contribution >= 4 is 31.7 Å². The van der Waals surface area contributed by atoms with Crippen LogP contribution in [0.1, 0.15) is 31.1 Å². The maximum absolute atomic E-state index is 12.3. The monoisotopic (exact) mass is 410 g/mol. The second kappa shape index (κ2) is 6.69. The van der Waals surface area contributed by atoms with Gasteiger partial charge in [0.1, 0.15) is 5.60 Å². The average Bonchev–Trinajstić information content (AvgIpc) is 2.44. The summed E-state index contributed by atoms with van der Waals surface area (Å²) in [7, 11) is -3.30. The Morgan fingerprint density at radius 3 is 2.29 bits per heavy atom. The van der Waals surface area contributed by atoms with Gasteiger partial charge in [-0.25, -0.2) is 13.2 Å². The number of rotatable bonds is 3. The van der Waals surface area contributed by atoms with E-state index in [4.69, 9.17) is 4.74 Å². The molecule has 0 aliphatic carbocycles. The minimum Gasteiger partial charge on any atom is -0.456 e. The van der Waals surface area contributed by atoms with Crippen molar-refractivity contribution in [3.63, 3.8) is 0 Å². The second-order valence-electron chi connectivity index (χ2n) is 6.53. The van der Waals surface area contributed by atoms with Crippen molar-refractivity contribution < 1.29 is 17.9 Å². The standard InChI is InChI=1S/C18H19BrO4S/c1-18(2,3)23-17(20)14-8-13(9-15(19)10-14)12-6-5-7-16(11-12)24(4,21)22/h5-11H,1-4H3. The number of halogens is 1. The van der Waals surface area contributed by atoms with E-state index in [0.717, 1.165) is 5.56 Å². The van der Waals surface area contributed by atoms with Crippen LogP contribution in [-0.4, -0.2) is 26.2 Å². The predicted molar refractivity (Wildman–Crippen MR) is 97.9 cm³/mol. The molecule has 0 heterocycles. The van der Waals surface area contributed by atoms with Gasteiger partial charge >= 0.3 is 5.97 Å². The summed E-state index contributed by atoms with van der Waals surface area (Å²) in [6.45, 7) is 5.41. The smallest absolute Gasteiger partial charge is 0.338 e. The number of esters is 1. The van der Waals surface area contributed by atoms with Gasteiger partial charge in [0, 0.05) is 10.7 Å². The molecule has 2 rings (SSSR count). The lowest BCUT2D eigenvalue weighted by Crippen LogP contribution is -2.23. The molecule has 4 nitrogen and oxygen atoms in total. The Kier molecular flexibility index (Phi) is 5.20. The molecule has 2 aromatic carbocycles. The number of benzene rings is 2. The summed E-state index contributed by atoms with van der Waals surface area (Å²) in [5, 5.41) is 0. The van der Waals surface area contributed by atoms with Gasteiger partial charge in [0.2, 0.25) is 0 Å². The molecule has 0 amide bonds. The predicted octanol–water partition coefficient (Wildman–Crippen LogP) is 4.47. The SMILES string of the molecule is CC(C)(C)OC(=O)c1cc(Br)cc(-c2cccc(S(C)(=O)=O)c2)c1. The zero-order chi connectivity index (χ0) is 18.1. The lowest BCUT2D eigenvalue weighted by atomic mass is 10.0. The molecule has 128 valence electrons. The van der Waals surface area contributed by atoms with E-state index >= 15 is 0 Å². The van der Waals surface area contributed by atoms with E-state index < -0.39 is 21.4 Å². The Hall–Kier alpha value is -1.66. The van der Waals surface area contributed by atoms with Crippen molar-refractivity contribution in [2.24, 2.45) is 0 Å². The summed E-state index contributed by atoms with van der Waals surface area (Å²) in [4.78, 5) is 12.5. The van der Waals surface area contributed by atoms with Gasteiger partial charge in [-0.05, 0) is 62.2 Å². The Balaban J connectivity index is 2.48. The summed E-state index contributed by atoms with van der Waals surface area (Å²) >= 11 is 3.39. The van der Waals surface area contributed by atoms with Gasteiger partial charge in [-0.15, -0.1) is 0 Å². The van der Waals surface area contributed by atoms with Gasteiger partial charge in [-0.3, -0.25) is 0 Å². The second-order valence-corrected chi connectivity index (χ2v) is 9.46. The van der Waals surface area contributed by atoms with Crippen molar-refractivity contribution in [3.05, 3.63) is 52.5 Å². The molecule has 0 aliphatic rings. The highest BCUT2D eigenvalue weighted by Gasteiger charge is 2.19. The molecular formula is C18H19BrO4S. The molecule has 6 heteroatoms. The molecule has 0 N–H and O–H groups in total. The van der Waals surface area contributed by atoms with Gasteiger partial charge in [0.25, 0.3) is 0 Å². The van der Waals surface area contributed by atoms with Gasteiger partial charge in [-0.2, -0.15) is 0 Å². The minimum absolute atomic E-state index is 0.235. The molecule has 0 radical (unpaired) electrons. The fourth-order valence-electron chi connectivity index (χ4n) is 2.12. The molecule has 0 saturated heterocycles. The van der Waals surface area contributed by atoms with Gasteiger partial charge < -0.3 is 4.74 Å². The van der Waals surface area contributed by atoms with E-state index in [0.29, 0.717) is 15.6 Å². The maximum Gasteiger partial charge on any atom is 0.338 e. The van der Waals surface area contributed by atoms with Crippen LogP contribution in [0.15, 0.2) is 51.8 Å². The lowest BCUT2D eigenvalue weighted by Gasteiger charge is -2.19. The maximum atomic E-state index is 12.3.